The molecule has 1 unspecified atom stereocenters. The van der Waals surface area contributed by atoms with E-state index in [9.17, 15) is 9.59 Å². The summed E-state index contributed by atoms with van der Waals surface area (Å²) in [4.78, 5) is 29.2. The fraction of sp³-hybridized carbons (Fsp3) is 0.300. The maximum absolute atomic E-state index is 11.8. The van der Waals surface area contributed by atoms with Crippen LogP contribution in [0.5, 0.6) is 0 Å². The molecule has 0 aliphatic heterocycles. The molecule has 2 rings (SSSR count). The van der Waals surface area contributed by atoms with Crippen LogP contribution in [0.25, 0.3) is 0 Å². The Morgan fingerprint density at radius 2 is 2.37 bits per heavy atom. The maximum atomic E-state index is 11.8. The number of aliphatic carboxylic acids is 1. The van der Waals surface area contributed by atoms with E-state index in [1.807, 2.05) is 0 Å². The second-order valence-electron chi connectivity index (χ2n) is 3.86. The molecule has 0 saturated carbocycles. The van der Waals surface area contributed by atoms with Crippen molar-refractivity contribution in [2.24, 2.45) is 0 Å². The molecule has 1 amide bonds. The van der Waals surface area contributed by atoms with Crippen LogP contribution in [0.15, 0.2) is 18.6 Å². The number of amides is 1. The number of carboxylic acids is 1. The Balaban J connectivity index is 2.00. The number of carboxylic acid groups (broad SMARTS) is 1. The number of H-pyrrole nitrogens is 1. The van der Waals surface area contributed by atoms with Crippen LogP contribution in [0.2, 0.25) is 0 Å². The standard InChI is InChI=1S/C10H12N6O3/c1-6(9-11-2-3-12-9)13-10(19)7-4-16(15-14-7)5-8(17)18/h2-4,6H,5H2,1H3,(H,11,12)(H,13,19)(H,17,18). The lowest BCUT2D eigenvalue weighted by atomic mass is 10.3. The van der Waals surface area contributed by atoms with E-state index in [0.29, 0.717) is 5.82 Å². The first-order valence-corrected chi connectivity index (χ1v) is 5.48. The van der Waals surface area contributed by atoms with Gasteiger partial charge in [-0.3, -0.25) is 9.59 Å². The third-order valence-corrected chi connectivity index (χ3v) is 2.35. The third-order valence-electron chi connectivity index (χ3n) is 2.35. The Labute approximate surface area is 107 Å². The van der Waals surface area contributed by atoms with Crippen molar-refractivity contribution in [1.29, 1.82) is 0 Å². The number of hydrogen-bond donors (Lipinski definition) is 3. The number of carbonyl (C=O) groups is 2. The molecule has 9 heteroatoms. The summed E-state index contributed by atoms with van der Waals surface area (Å²) in [5.41, 5.74) is 0.0552. The number of rotatable bonds is 5. The molecule has 0 aromatic carbocycles. The number of nitrogens with one attached hydrogen (secondary N) is 2. The number of aromatic amines is 1. The lowest BCUT2D eigenvalue weighted by molar-refractivity contribution is -0.137. The first-order chi connectivity index (χ1) is 9.06. The van der Waals surface area contributed by atoms with Gasteiger partial charge in [-0.15, -0.1) is 5.10 Å². The first-order valence-electron chi connectivity index (χ1n) is 5.48. The van der Waals surface area contributed by atoms with Crippen molar-refractivity contribution in [3.63, 3.8) is 0 Å². The Kier molecular flexibility index (Phi) is 3.55. The van der Waals surface area contributed by atoms with Crippen LogP contribution in [0, 0.1) is 0 Å². The molecule has 3 N–H and O–H groups in total. The first kappa shape index (κ1) is 12.7. The van der Waals surface area contributed by atoms with E-state index in [0.717, 1.165) is 4.68 Å². The predicted octanol–water partition coefficient (Wildman–Crippen LogP) is -0.423. The fourth-order valence-electron chi connectivity index (χ4n) is 1.47. The van der Waals surface area contributed by atoms with Crippen molar-refractivity contribution in [2.75, 3.05) is 0 Å². The highest BCUT2D eigenvalue weighted by molar-refractivity contribution is 5.92. The molecule has 0 bridgehead atoms. The highest BCUT2D eigenvalue weighted by Crippen LogP contribution is 2.06. The molecular weight excluding hydrogens is 252 g/mol. The maximum Gasteiger partial charge on any atom is 0.325 e. The normalized spacial score (nSPS) is 12.1. The molecule has 19 heavy (non-hydrogen) atoms. The monoisotopic (exact) mass is 264 g/mol. The smallest absolute Gasteiger partial charge is 0.325 e. The number of carbonyl (C=O) groups excluding carboxylic acids is 1. The van der Waals surface area contributed by atoms with Crippen molar-refractivity contribution in [3.05, 3.63) is 30.1 Å². The summed E-state index contributed by atoms with van der Waals surface area (Å²) in [5.74, 6) is -0.882. The van der Waals surface area contributed by atoms with Gasteiger partial charge < -0.3 is 15.4 Å². The number of aromatic nitrogens is 5. The van der Waals surface area contributed by atoms with Crippen molar-refractivity contribution in [3.8, 4) is 0 Å². The minimum absolute atomic E-state index is 0.0552. The molecule has 2 aromatic rings. The molecule has 2 heterocycles. The van der Waals surface area contributed by atoms with Gasteiger partial charge in [0.2, 0.25) is 0 Å². The van der Waals surface area contributed by atoms with Crippen LogP contribution in [-0.2, 0) is 11.3 Å². The van der Waals surface area contributed by atoms with Gasteiger partial charge in [-0.1, -0.05) is 5.21 Å². The van der Waals surface area contributed by atoms with E-state index in [1.54, 1.807) is 19.3 Å². The molecular formula is C10H12N6O3. The Hall–Kier alpha value is -2.71. The van der Waals surface area contributed by atoms with Gasteiger partial charge in [0, 0.05) is 12.4 Å². The van der Waals surface area contributed by atoms with Crippen LogP contribution in [0.4, 0.5) is 0 Å². The van der Waals surface area contributed by atoms with Crippen molar-refractivity contribution in [1.82, 2.24) is 30.3 Å². The number of imidazole rings is 1. The minimum atomic E-state index is -1.05. The Morgan fingerprint density at radius 3 is 3.00 bits per heavy atom. The zero-order valence-corrected chi connectivity index (χ0v) is 10.1. The highest BCUT2D eigenvalue weighted by Gasteiger charge is 2.16. The van der Waals surface area contributed by atoms with Gasteiger partial charge in [0.05, 0.1) is 12.2 Å². The van der Waals surface area contributed by atoms with Crippen molar-refractivity contribution >= 4 is 11.9 Å². The van der Waals surface area contributed by atoms with Gasteiger partial charge in [-0.25, -0.2) is 9.67 Å². The molecule has 0 aliphatic carbocycles. The summed E-state index contributed by atoms with van der Waals surface area (Å²) in [7, 11) is 0. The molecule has 100 valence electrons. The van der Waals surface area contributed by atoms with E-state index in [1.165, 1.54) is 6.20 Å². The lowest BCUT2D eigenvalue weighted by Crippen LogP contribution is -2.27. The molecule has 0 fully saturated rings. The van der Waals surface area contributed by atoms with Crippen molar-refractivity contribution in [2.45, 2.75) is 19.5 Å². The molecule has 1 atom stereocenters. The average molecular weight is 264 g/mol. The van der Waals surface area contributed by atoms with Gasteiger partial charge in [0.25, 0.3) is 5.91 Å². The van der Waals surface area contributed by atoms with E-state index < -0.39 is 11.9 Å². The van der Waals surface area contributed by atoms with Crippen LogP contribution < -0.4 is 5.32 Å². The van der Waals surface area contributed by atoms with Gasteiger partial charge >= 0.3 is 5.97 Å². The molecule has 0 radical (unpaired) electrons. The Morgan fingerprint density at radius 1 is 1.58 bits per heavy atom. The summed E-state index contributed by atoms with van der Waals surface area (Å²) in [5, 5.41) is 18.4. The van der Waals surface area contributed by atoms with E-state index in [4.69, 9.17) is 5.11 Å². The predicted molar refractivity (Wildman–Crippen MR) is 62.1 cm³/mol. The number of hydrogen-bond acceptors (Lipinski definition) is 5. The average Bonchev–Trinajstić information content (AvgIpc) is 2.97. The van der Waals surface area contributed by atoms with Gasteiger partial charge in [-0.05, 0) is 6.92 Å². The molecule has 0 saturated heterocycles. The number of nitrogens with zero attached hydrogens (tertiary/aromatic N) is 4. The van der Waals surface area contributed by atoms with Crippen LogP contribution in [-0.4, -0.2) is 41.9 Å². The summed E-state index contributed by atoms with van der Waals surface area (Å²) in [6, 6.07) is -0.313. The molecule has 0 aliphatic rings. The topological polar surface area (TPSA) is 126 Å². The minimum Gasteiger partial charge on any atom is -0.480 e. The zero-order valence-electron chi connectivity index (χ0n) is 10.1. The summed E-state index contributed by atoms with van der Waals surface area (Å²) >= 11 is 0. The van der Waals surface area contributed by atoms with E-state index >= 15 is 0 Å². The molecule has 0 spiro atoms. The van der Waals surface area contributed by atoms with Crippen molar-refractivity contribution < 1.29 is 14.7 Å². The quantitative estimate of drug-likeness (QED) is 0.673. The largest absolute Gasteiger partial charge is 0.480 e. The van der Waals surface area contributed by atoms with Crippen LogP contribution in [0.1, 0.15) is 29.3 Å². The SMILES string of the molecule is CC(NC(=O)c1cn(CC(=O)O)nn1)c1ncc[nH]1. The third kappa shape index (κ3) is 3.15. The highest BCUT2D eigenvalue weighted by atomic mass is 16.4. The van der Waals surface area contributed by atoms with Gasteiger partial charge in [-0.2, -0.15) is 0 Å². The van der Waals surface area contributed by atoms with Crippen LogP contribution >= 0.6 is 0 Å². The Bertz CT molecular complexity index is 576. The van der Waals surface area contributed by atoms with Gasteiger partial charge in [0.1, 0.15) is 12.4 Å². The van der Waals surface area contributed by atoms with E-state index in [2.05, 4.69) is 25.6 Å². The zero-order chi connectivity index (χ0) is 13.8. The lowest BCUT2D eigenvalue weighted by Gasteiger charge is -2.09. The fourth-order valence-corrected chi connectivity index (χ4v) is 1.47. The summed E-state index contributed by atoms with van der Waals surface area (Å²) < 4.78 is 1.08. The second-order valence-corrected chi connectivity index (χ2v) is 3.86. The second kappa shape index (κ2) is 5.29. The van der Waals surface area contributed by atoms with Crippen LogP contribution in [0.3, 0.4) is 0 Å². The van der Waals surface area contributed by atoms with Gasteiger partial charge in [0.15, 0.2) is 5.69 Å². The molecule has 9 nitrogen and oxygen atoms in total. The molecule has 2 aromatic heterocycles. The summed E-state index contributed by atoms with van der Waals surface area (Å²) in [6.45, 7) is 1.42. The van der Waals surface area contributed by atoms with E-state index in [-0.39, 0.29) is 18.3 Å². The summed E-state index contributed by atoms with van der Waals surface area (Å²) in [6.07, 6.45) is 4.51.